The number of nitrogens with one attached hydrogen (secondary N) is 1. The van der Waals surface area contributed by atoms with Crippen molar-refractivity contribution in [1.29, 1.82) is 0 Å². The molecule has 1 aliphatic heterocycles. The molecule has 1 aliphatic rings. The Bertz CT molecular complexity index is 1840. The molecule has 7 rings (SSSR count). The van der Waals surface area contributed by atoms with Gasteiger partial charge in [-0.25, -0.2) is 0 Å². The lowest BCUT2D eigenvalue weighted by molar-refractivity contribution is 0.196. The van der Waals surface area contributed by atoms with Crippen LogP contribution in [0.4, 0.5) is 0 Å². The third kappa shape index (κ3) is 5.52. The first-order chi connectivity index (χ1) is 22.2. The van der Waals surface area contributed by atoms with Gasteiger partial charge in [-0.15, -0.1) is 10.0 Å². The van der Waals surface area contributed by atoms with Gasteiger partial charge >= 0.3 is 0 Å². The molecule has 0 amide bonds. The van der Waals surface area contributed by atoms with Crippen LogP contribution in [0.1, 0.15) is 28.4 Å². The highest BCUT2D eigenvalue weighted by atomic mass is 32.3. The molecule has 1 unspecified atom stereocenters. The van der Waals surface area contributed by atoms with Crippen molar-refractivity contribution in [2.45, 2.75) is 45.4 Å². The standard InChI is InChI=1S/C41H39N3S/c1-44(30-32-16-8-3-9-17-32)41(43-29-31-14-6-2-7-15-31)34-23-25-40-38(27-34)37-26-33(28-42)22-24-39(37)45(40,35-18-10-4-11-19-35)36-20-12-5-13-21-36/h2-27,41,43H,28-30,42H2,1H3. The van der Waals surface area contributed by atoms with Crippen LogP contribution in [0.5, 0.6) is 0 Å². The van der Waals surface area contributed by atoms with Crippen molar-refractivity contribution in [2.24, 2.45) is 5.73 Å². The topological polar surface area (TPSA) is 41.3 Å². The zero-order valence-corrected chi connectivity index (χ0v) is 26.5. The maximum absolute atomic E-state index is 6.23. The number of benzene rings is 6. The van der Waals surface area contributed by atoms with Gasteiger partial charge in [-0.2, -0.15) is 0 Å². The van der Waals surface area contributed by atoms with Crippen LogP contribution in [-0.2, 0) is 19.6 Å². The van der Waals surface area contributed by atoms with Gasteiger partial charge in [-0.3, -0.25) is 10.2 Å². The van der Waals surface area contributed by atoms with Gasteiger partial charge < -0.3 is 5.73 Å². The van der Waals surface area contributed by atoms with Gasteiger partial charge in [-0.05, 0) is 89.0 Å². The molecule has 3 nitrogen and oxygen atoms in total. The predicted octanol–water partition coefficient (Wildman–Crippen LogP) is 9.39. The first kappa shape index (κ1) is 29.3. The van der Waals surface area contributed by atoms with E-state index in [4.69, 9.17) is 5.73 Å². The molecule has 0 fully saturated rings. The summed E-state index contributed by atoms with van der Waals surface area (Å²) in [5.74, 6) is 0. The lowest BCUT2D eigenvalue weighted by Crippen LogP contribution is -2.35. The molecule has 0 radical (unpaired) electrons. The quantitative estimate of drug-likeness (QED) is 0.153. The van der Waals surface area contributed by atoms with Crippen molar-refractivity contribution in [3.8, 4) is 11.1 Å². The van der Waals surface area contributed by atoms with Gasteiger partial charge in [0, 0.05) is 39.2 Å². The highest BCUT2D eigenvalue weighted by Crippen LogP contribution is 2.80. The second-order valence-electron chi connectivity index (χ2n) is 11.7. The maximum atomic E-state index is 6.23. The van der Waals surface area contributed by atoms with Crippen LogP contribution in [0.15, 0.2) is 177 Å². The van der Waals surface area contributed by atoms with Crippen LogP contribution in [0, 0.1) is 0 Å². The fraction of sp³-hybridized carbons (Fsp3) is 0.122. The van der Waals surface area contributed by atoms with E-state index in [0.717, 1.165) is 18.7 Å². The Morgan fingerprint density at radius 2 is 1.09 bits per heavy atom. The van der Waals surface area contributed by atoms with Crippen LogP contribution >= 0.6 is 10.0 Å². The summed E-state index contributed by atoms with van der Waals surface area (Å²) in [5, 5.41) is 3.91. The number of nitrogens with zero attached hydrogens (tertiary/aromatic N) is 1. The Kier molecular flexibility index (Phi) is 8.38. The van der Waals surface area contributed by atoms with E-state index in [0.29, 0.717) is 6.54 Å². The number of rotatable bonds is 10. The lowest BCUT2D eigenvalue weighted by atomic mass is 9.99. The van der Waals surface area contributed by atoms with Crippen LogP contribution < -0.4 is 11.1 Å². The van der Waals surface area contributed by atoms with Gasteiger partial charge in [-0.1, -0.05) is 109 Å². The van der Waals surface area contributed by atoms with E-state index < -0.39 is 10.0 Å². The van der Waals surface area contributed by atoms with Crippen molar-refractivity contribution in [3.63, 3.8) is 0 Å². The molecule has 0 saturated carbocycles. The number of nitrogens with two attached hydrogens (primary N) is 1. The van der Waals surface area contributed by atoms with Gasteiger partial charge in [0.25, 0.3) is 0 Å². The normalized spacial score (nSPS) is 14.5. The molecule has 6 aromatic carbocycles. The second-order valence-corrected chi connectivity index (χ2v) is 14.7. The van der Waals surface area contributed by atoms with Crippen LogP contribution in [0.2, 0.25) is 0 Å². The van der Waals surface area contributed by atoms with Crippen molar-refractivity contribution in [2.75, 3.05) is 7.05 Å². The maximum Gasteiger partial charge on any atom is 0.0864 e. The minimum Gasteiger partial charge on any atom is -0.326 e. The summed E-state index contributed by atoms with van der Waals surface area (Å²) in [5.41, 5.74) is 13.8. The fourth-order valence-electron chi connectivity index (χ4n) is 6.69. The lowest BCUT2D eigenvalue weighted by Gasteiger charge is -2.39. The molecule has 0 saturated heterocycles. The SMILES string of the molecule is CN(Cc1ccccc1)C(NCc1ccccc1)c1ccc2c(c1)-c1cc(CN)ccc1S2(c1ccccc1)c1ccccc1. The number of fused-ring (bicyclic) bond motifs is 3. The molecule has 4 heteroatoms. The highest BCUT2D eigenvalue weighted by Gasteiger charge is 2.42. The summed E-state index contributed by atoms with van der Waals surface area (Å²) in [6.45, 7) is 2.13. The molecule has 1 atom stereocenters. The van der Waals surface area contributed by atoms with Crippen molar-refractivity contribution in [3.05, 3.63) is 180 Å². The van der Waals surface area contributed by atoms with E-state index in [-0.39, 0.29) is 6.17 Å². The van der Waals surface area contributed by atoms with Crippen LogP contribution in [0.3, 0.4) is 0 Å². The molecule has 1 heterocycles. The molecule has 3 N–H and O–H groups in total. The second kappa shape index (κ2) is 12.9. The zero-order chi connectivity index (χ0) is 30.6. The van der Waals surface area contributed by atoms with Crippen molar-refractivity contribution in [1.82, 2.24) is 10.2 Å². The smallest absolute Gasteiger partial charge is 0.0864 e. The predicted molar refractivity (Wildman–Crippen MR) is 187 cm³/mol. The minimum absolute atomic E-state index is 0.00954. The Hall–Kier alpha value is -4.45. The molecule has 224 valence electrons. The van der Waals surface area contributed by atoms with Gasteiger partial charge in [0.2, 0.25) is 0 Å². The summed E-state index contributed by atoms with van der Waals surface area (Å²) in [4.78, 5) is 7.89. The van der Waals surface area contributed by atoms with E-state index >= 15 is 0 Å². The minimum atomic E-state index is -1.70. The summed E-state index contributed by atoms with van der Waals surface area (Å²) in [6, 6.07) is 57.7. The van der Waals surface area contributed by atoms with E-state index in [1.807, 2.05) is 0 Å². The molecule has 0 aromatic heterocycles. The Morgan fingerprint density at radius 1 is 0.578 bits per heavy atom. The average molecular weight is 606 g/mol. The van der Waals surface area contributed by atoms with Crippen LogP contribution in [0.25, 0.3) is 11.1 Å². The molecule has 0 spiro atoms. The van der Waals surface area contributed by atoms with Crippen molar-refractivity contribution >= 4 is 10.0 Å². The first-order valence-electron chi connectivity index (χ1n) is 15.6. The Labute approximate surface area is 268 Å². The summed E-state index contributed by atoms with van der Waals surface area (Å²) in [7, 11) is 0.512. The fourth-order valence-corrected chi connectivity index (χ4v) is 10.9. The Balaban J connectivity index is 1.40. The highest BCUT2D eigenvalue weighted by molar-refractivity contribution is 8.34. The van der Waals surface area contributed by atoms with Crippen molar-refractivity contribution < 1.29 is 0 Å². The number of hydrogen-bond acceptors (Lipinski definition) is 3. The summed E-state index contributed by atoms with van der Waals surface area (Å²) >= 11 is 0. The number of hydrogen-bond donors (Lipinski definition) is 2. The summed E-state index contributed by atoms with van der Waals surface area (Å²) in [6.07, 6.45) is 0.00954. The van der Waals surface area contributed by atoms with E-state index in [1.165, 1.54) is 47.4 Å². The van der Waals surface area contributed by atoms with E-state index in [2.05, 4.69) is 175 Å². The molecule has 0 aliphatic carbocycles. The largest absolute Gasteiger partial charge is 0.326 e. The average Bonchev–Trinajstić information content (AvgIpc) is 3.40. The first-order valence-corrected chi connectivity index (χ1v) is 17.2. The molecule has 45 heavy (non-hydrogen) atoms. The molecular weight excluding hydrogens is 567 g/mol. The van der Waals surface area contributed by atoms with Gasteiger partial charge in [0.15, 0.2) is 0 Å². The van der Waals surface area contributed by atoms with E-state index in [9.17, 15) is 0 Å². The van der Waals surface area contributed by atoms with E-state index in [1.54, 1.807) is 0 Å². The third-order valence-corrected chi connectivity index (χ3v) is 12.8. The summed E-state index contributed by atoms with van der Waals surface area (Å²) < 4.78 is 0. The Morgan fingerprint density at radius 3 is 1.67 bits per heavy atom. The zero-order valence-electron chi connectivity index (χ0n) is 25.6. The van der Waals surface area contributed by atoms with Gasteiger partial charge in [0.1, 0.15) is 0 Å². The molecular formula is C41H39N3S. The third-order valence-electron chi connectivity index (χ3n) is 8.80. The molecule has 0 bridgehead atoms. The van der Waals surface area contributed by atoms with Gasteiger partial charge in [0.05, 0.1) is 6.17 Å². The molecule has 6 aromatic rings. The van der Waals surface area contributed by atoms with Crippen LogP contribution in [-0.4, -0.2) is 11.9 Å². The monoisotopic (exact) mass is 605 g/mol.